The topological polar surface area (TPSA) is 59.0 Å². The molecular weight excluding hydrogens is 1390 g/mol. The first kappa shape index (κ1) is 66.5. The van der Waals surface area contributed by atoms with Gasteiger partial charge in [-0.1, -0.05) is 276 Å². The van der Waals surface area contributed by atoms with Crippen molar-refractivity contribution >= 4 is 122 Å². The molecule has 0 N–H and O–H groups in total. The molecule has 4 heterocycles. The molecule has 21 aromatic rings. The van der Waals surface area contributed by atoms with Gasteiger partial charge >= 0.3 is 0 Å². The average molecular weight is 1460 g/mol. The second kappa shape index (κ2) is 26.1. The van der Waals surface area contributed by atoms with Crippen molar-refractivity contribution in [2.75, 3.05) is 9.80 Å². The SMILES string of the molecule is CC1(C)c2cc(-c3ccccc3)ccc2-c2ccc(N(c3ccc(-c4ccc5oc6ccccc6c5c4)cc3)c3ccc(-c4cccc5c4oc4ccccc45)cc3)cc21.CC1(C)c2cc(-c3ccccc3)ccc2-c2ccc(N(c3ccc(-c4cccc5c4oc4ccccc45)cc3)c3ccc4oc5ccccc5c4c3)cc21. The third-order valence-corrected chi connectivity index (χ3v) is 24.2. The van der Waals surface area contributed by atoms with Gasteiger partial charge in [-0.2, -0.15) is 0 Å². The molecule has 23 rings (SSSR count). The maximum atomic E-state index is 6.45. The minimum absolute atomic E-state index is 0.184. The summed E-state index contributed by atoms with van der Waals surface area (Å²) in [7, 11) is 0. The van der Waals surface area contributed by atoms with Crippen LogP contribution in [0.3, 0.4) is 0 Å². The first-order valence-electron chi connectivity index (χ1n) is 39.2. The van der Waals surface area contributed by atoms with Gasteiger partial charge in [0.1, 0.15) is 44.7 Å². The van der Waals surface area contributed by atoms with E-state index >= 15 is 0 Å². The van der Waals surface area contributed by atoms with Crippen LogP contribution in [-0.4, -0.2) is 0 Å². The van der Waals surface area contributed by atoms with Crippen molar-refractivity contribution in [3.05, 3.63) is 398 Å². The maximum absolute atomic E-state index is 6.45. The van der Waals surface area contributed by atoms with Crippen LogP contribution in [0.25, 0.3) is 166 Å². The predicted molar refractivity (Wildman–Crippen MR) is 474 cm³/mol. The summed E-state index contributed by atoms with van der Waals surface area (Å²) < 4.78 is 25.3. The number of benzene rings is 17. The fraction of sp³-hybridized carbons (Fsp3) is 0.0556. The fourth-order valence-corrected chi connectivity index (χ4v) is 18.3. The molecule has 540 valence electrons. The Kier molecular flexibility index (Phi) is 15.2. The quantitative estimate of drug-likeness (QED) is 0.129. The monoisotopic (exact) mass is 1460 g/mol. The molecule has 17 aromatic carbocycles. The van der Waals surface area contributed by atoms with E-state index in [0.29, 0.717) is 0 Å². The van der Waals surface area contributed by atoms with E-state index in [0.717, 1.165) is 155 Å². The van der Waals surface area contributed by atoms with Gasteiger partial charge in [-0.15, -0.1) is 0 Å². The van der Waals surface area contributed by atoms with Gasteiger partial charge in [0, 0.05) is 99.2 Å². The molecule has 0 saturated carbocycles. The van der Waals surface area contributed by atoms with Crippen LogP contribution >= 0.6 is 0 Å². The first-order chi connectivity index (χ1) is 56.0. The first-order valence-corrected chi connectivity index (χ1v) is 39.2. The van der Waals surface area contributed by atoms with Crippen LogP contribution in [0.5, 0.6) is 0 Å². The van der Waals surface area contributed by atoms with Gasteiger partial charge in [0.05, 0.1) is 0 Å². The number of nitrogens with zero attached hydrogens (tertiary/aromatic N) is 2. The van der Waals surface area contributed by atoms with Gasteiger partial charge < -0.3 is 27.5 Å². The van der Waals surface area contributed by atoms with Crippen LogP contribution in [0.2, 0.25) is 0 Å². The Hall–Kier alpha value is -14.5. The molecule has 4 aromatic heterocycles. The van der Waals surface area contributed by atoms with Gasteiger partial charge in [-0.05, 0) is 216 Å². The lowest BCUT2D eigenvalue weighted by Gasteiger charge is -2.28. The summed E-state index contributed by atoms with van der Waals surface area (Å²) in [6.07, 6.45) is 0. The second-order valence-corrected chi connectivity index (χ2v) is 31.4. The van der Waals surface area contributed by atoms with Crippen molar-refractivity contribution in [3.63, 3.8) is 0 Å². The van der Waals surface area contributed by atoms with Crippen molar-refractivity contribution in [1.82, 2.24) is 0 Å². The van der Waals surface area contributed by atoms with Crippen LogP contribution in [-0.2, 0) is 10.8 Å². The van der Waals surface area contributed by atoms with Crippen molar-refractivity contribution in [3.8, 4) is 77.9 Å². The average Bonchev–Trinajstić information content (AvgIpc) is 1.57. The Bertz CT molecular complexity index is 7400. The van der Waals surface area contributed by atoms with E-state index in [-0.39, 0.29) is 10.8 Å². The molecule has 0 aliphatic heterocycles. The lowest BCUT2D eigenvalue weighted by molar-refractivity contribution is 0.660. The molecule has 114 heavy (non-hydrogen) atoms. The number of anilines is 6. The van der Waals surface area contributed by atoms with E-state index in [1.54, 1.807) is 0 Å². The van der Waals surface area contributed by atoms with Gasteiger partial charge in [0.2, 0.25) is 0 Å². The zero-order valence-electron chi connectivity index (χ0n) is 63.3. The lowest BCUT2D eigenvalue weighted by Crippen LogP contribution is -2.16. The Labute approximate surface area is 659 Å². The third kappa shape index (κ3) is 10.8. The van der Waals surface area contributed by atoms with Gasteiger partial charge in [-0.25, -0.2) is 0 Å². The summed E-state index contributed by atoms with van der Waals surface area (Å²) in [6, 6.07) is 135. The molecule has 0 atom stereocenters. The molecule has 2 aliphatic carbocycles. The minimum Gasteiger partial charge on any atom is -0.456 e. The van der Waals surface area contributed by atoms with E-state index in [1.165, 1.54) is 66.8 Å². The fourth-order valence-electron chi connectivity index (χ4n) is 18.3. The standard InChI is InChI=1S/C57H39NO2.C51H35NO2/c1-57(2)51-34-40(36-11-4-3-5-12-36)23-30-45(51)46-31-29-43(35-52(46)57)58(41-25-19-37(20-26-41)39-24-32-55-50(33-39)48-14-7-8-17-53(48)59-55)42-27-21-38(22-28-42)44-15-10-16-49-47-13-6-9-18-54(47)60-56(44)49;1-51(2)45-29-34(32-11-4-3-5-12-32)21-26-39(45)40-27-24-37(31-46(40)51)52(36-25-28-49-44(30-36)42-14-7-8-17-47(42)53-49)35-22-19-33(20-23-35)38-15-10-16-43-41-13-6-9-18-48(41)54-50(38)43/h3-35H,1-2H3;3-31H,1-2H3. The Morgan fingerprint density at radius 3 is 0.904 bits per heavy atom. The van der Waals surface area contributed by atoms with Gasteiger partial charge in [0.15, 0.2) is 0 Å². The Morgan fingerprint density at radius 1 is 0.175 bits per heavy atom. The van der Waals surface area contributed by atoms with Gasteiger partial charge in [0.25, 0.3) is 0 Å². The normalized spacial score (nSPS) is 13.1. The summed E-state index contributed by atoms with van der Waals surface area (Å²) in [4.78, 5) is 4.76. The van der Waals surface area contributed by atoms with Crippen LogP contribution in [0.1, 0.15) is 49.9 Å². The van der Waals surface area contributed by atoms with E-state index < -0.39 is 0 Å². The van der Waals surface area contributed by atoms with E-state index in [4.69, 9.17) is 17.7 Å². The highest BCUT2D eigenvalue weighted by Gasteiger charge is 2.38. The highest BCUT2D eigenvalue weighted by molar-refractivity contribution is 6.12. The smallest absolute Gasteiger partial charge is 0.143 e. The molecule has 6 nitrogen and oxygen atoms in total. The molecule has 0 unspecified atom stereocenters. The summed E-state index contributed by atoms with van der Waals surface area (Å²) >= 11 is 0. The number of para-hydroxylation sites is 6. The molecular formula is C108H74N2O4. The second-order valence-electron chi connectivity index (χ2n) is 31.4. The van der Waals surface area contributed by atoms with Crippen LogP contribution in [0.4, 0.5) is 34.1 Å². The van der Waals surface area contributed by atoms with Gasteiger partial charge in [-0.3, -0.25) is 0 Å². The number of furan rings is 4. The summed E-state index contributed by atoms with van der Waals surface area (Å²) in [6.45, 7) is 9.45. The number of rotatable bonds is 11. The van der Waals surface area contributed by atoms with Crippen molar-refractivity contribution in [1.29, 1.82) is 0 Å². The molecule has 0 spiro atoms. The molecule has 2 aliphatic rings. The molecule has 0 amide bonds. The van der Waals surface area contributed by atoms with Crippen LogP contribution < -0.4 is 9.80 Å². The Morgan fingerprint density at radius 2 is 0.456 bits per heavy atom. The van der Waals surface area contributed by atoms with Crippen LogP contribution in [0.15, 0.2) is 394 Å². The highest BCUT2D eigenvalue weighted by atomic mass is 16.3. The number of hydrogen-bond acceptors (Lipinski definition) is 6. The third-order valence-electron chi connectivity index (χ3n) is 24.2. The zero-order chi connectivity index (χ0) is 75.9. The predicted octanol–water partition coefficient (Wildman–Crippen LogP) is 30.9. The Balaban J connectivity index is 0.000000140. The maximum Gasteiger partial charge on any atom is 0.143 e. The van der Waals surface area contributed by atoms with E-state index in [1.807, 2.05) is 48.5 Å². The zero-order valence-corrected chi connectivity index (χ0v) is 63.3. The molecule has 0 saturated heterocycles. The molecule has 0 fully saturated rings. The number of fused-ring (bicyclic) bond motifs is 18. The van der Waals surface area contributed by atoms with Crippen LogP contribution in [0, 0.1) is 0 Å². The van der Waals surface area contributed by atoms with E-state index in [9.17, 15) is 0 Å². The summed E-state index contributed by atoms with van der Waals surface area (Å²) in [5.74, 6) is 0. The van der Waals surface area contributed by atoms with E-state index in [2.05, 4.69) is 365 Å². The lowest BCUT2D eigenvalue weighted by atomic mass is 9.81. The summed E-state index contributed by atoms with van der Waals surface area (Å²) in [5, 5.41) is 9.01. The summed E-state index contributed by atoms with van der Waals surface area (Å²) in [5.41, 5.74) is 35.6. The van der Waals surface area contributed by atoms with Crippen molar-refractivity contribution in [2.45, 2.75) is 38.5 Å². The molecule has 0 bridgehead atoms. The highest BCUT2D eigenvalue weighted by Crippen LogP contribution is 2.55. The number of hydrogen-bond donors (Lipinski definition) is 0. The van der Waals surface area contributed by atoms with Crippen molar-refractivity contribution < 1.29 is 17.7 Å². The minimum atomic E-state index is -0.188. The molecule has 0 radical (unpaired) electrons. The van der Waals surface area contributed by atoms with Crippen molar-refractivity contribution in [2.24, 2.45) is 0 Å². The molecule has 6 heteroatoms. The largest absolute Gasteiger partial charge is 0.456 e.